The van der Waals surface area contributed by atoms with Crippen LogP contribution < -0.4 is 10.6 Å². The zero-order chi connectivity index (χ0) is 16.8. The molecule has 122 valence electrons. The van der Waals surface area contributed by atoms with Crippen molar-refractivity contribution >= 4 is 23.2 Å². The molecule has 1 atom stereocenters. The standard InChI is InChI=1S/C19H23ClN2O/c1-4-15-7-5-6-13(2)19(15)22-18(23)12-21-14(3)16-8-10-17(20)11-9-16/h5-11,14,21H,4,12H2,1-3H3,(H,22,23)/p+1/t14-/m0/s1. The number of para-hydroxylation sites is 1. The van der Waals surface area contributed by atoms with Gasteiger partial charge in [0.15, 0.2) is 6.54 Å². The Hall–Kier alpha value is -1.84. The van der Waals surface area contributed by atoms with E-state index in [-0.39, 0.29) is 11.9 Å². The van der Waals surface area contributed by atoms with E-state index in [1.807, 2.05) is 48.6 Å². The fraction of sp³-hybridized carbons (Fsp3) is 0.316. The Bertz CT molecular complexity index is 668. The van der Waals surface area contributed by atoms with Gasteiger partial charge in [-0.05, 0) is 43.5 Å². The predicted octanol–water partition coefficient (Wildman–Crippen LogP) is 3.47. The number of quaternary nitrogens is 1. The van der Waals surface area contributed by atoms with E-state index >= 15 is 0 Å². The van der Waals surface area contributed by atoms with Gasteiger partial charge in [-0.3, -0.25) is 4.79 Å². The highest BCUT2D eigenvalue weighted by Gasteiger charge is 2.13. The van der Waals surface area contributed by atoms with Gasteiger partial charge in [0.25, 0.3) is 5.91 Å². The summed E-state index contributed by atoms with van der Waals surface area (Å²) >= 11 is 5.90. The van der Waals surface area contributed by atoms with Gasteiger partial charge < -0.3 is 10.6 Å². The molecular formula is C19H24ClN2O+. The quantitative estimate of drug-likeness (QED) is 0.836. The van der Waals surface area contributed by atoms with E-state index < -0.39 is 0 Å². The molecule has 2 aromatic carbocycles. The lowest BCUT2D eigenvalue weighted by molar-refractivity contribution is -0.682. The van der Waals surface area contributed by atoms with Crippen molar-refractivity contribution in [2.75, 3.05) is 11.9 Å². The van der Waals surface area contributed by atoms with Crippen molar-refractivity contribution < 1.29 is 10.1 Å². The maximum Gasteiger partial charge on any atom is 0.279 e. The van der Waals surface area contributed by atoms with Crippen LogP contribution in [0.5, 0.6) is 0 Å². The zero-order valence-electron chi connectivity index (χ0n) is 13.9. The van der Waals surface area contributed by atoms with Crippen molar-refractivity contribution in [2.24, 2.45) is 0 Å². The number of rotatable bonds is 6. The Morgan fingerprint density at radius 3 is 2.57 bits per heavy atom. The Balaban J connectivity index is 1.94. The Morgan fingerprint density at radius 2 is 1.91 bits per heavy atom. The molecule has 0 heterocycles. The number of nitrogens with two attached hydrogens (primary N) is 1. The maximum absolute atomic E-state index is 12.3. The predicted molar refractivity (Wildman–Crippen MR) is 95.8 cm³/mol. The minimum Gasteiger partial charge on any atom is -0.333 e. The Labute approximate surface area is 143 Å². The van der Waals surface area contributed by atoms with Crippen molar-refractivity contribution in [1.82, 2.24) is 0 Å². The van der Waals surface area contributed by atoms with Crippen LogP contribution in [0.3, 0.4) is 0 Å². The molecule has 1 amide bonds. The van der Waals surface area contributed by atoms with Crippen molar-refractivity contribution in [1.29, 1.82) is 0 Å². The molecular weight excluding hydrogens is 308 g/mol. The number of carbonyl (C=O) groups excluding carboxylic acids is 1. The SMILES string of the molecule is CCc1cccc(C)c1NC(=O)C[NH2+][C@@H](C)c1ccc(Cl)cc1. The van der Waals surface area contributed by atoms with Gasteiger partial charge in [-0.25, -0.2) is 0 Å². The zero-order valence-corrected chi connectivity index (χ0v) is 14.7. The van der Waals surface area contributed by atoms with Crippen LogP contribution in [0.25, 0.3) is 0 Å². The van der Waals surface area contributed by atoms with E-state index in [1.165, 1.54) is 5.56 Å². The fourth-order valence-corrected chi connectivity index (χ4v) is 2.70. The van der Waals surface area contributed by atoms with Gasteiger partial charge in [-0.15, -0.1) is 0 Å². The molecule has 0 spiro atoms. The second-order valence-electron chi connectivity index (χ2n) is 5.79. The average Bonchev–Trinajstić information content (AvgIpc) is 2.55. The van der Waals surface area contributed by atoms with Crippen LogP contribution in [-0.2, 0) is 11.2 Å². The molecule has 0 aliphatic heterocycles. The van der Waals surface area contributed by atoms with Crippen LogP contribution in [0.2, 0.25) is 5.02 Å². The average molecular weight is 332 g/mol. The molecule has 4 heteroatoms. The summed E-state index contributed by atoms with van der Waals surface area (Å²) in [5, 5.41) is 5.81. The number of carbonyl (C=O) groups is 1. The molecule has 0 saturated carbocycles. The van der Waals surface area contributed by atoms with E-state index in [0.29, 0.717) is 6.54 Å². The lowest BCUT2D eigenvalue weighted by atomic mass is 10.1. The number of halogens is 1. The second-order valence-corrected chi connectivity index (χ2v) is 6.23. The summed E-state index contributed by atoms with van der Waals surface area (Å²) in [6, 6.07) is 14.1. The first-order valence-electron chi connectivity index (χ1n) is 7.98. The summed E-state index contributed by atoms with van der Waals surface area (Å²) in [6.45, 7) is 6.59. The number of hydrogen-bond donors (Lipinski definition) is 2. The van der Waals surface area contributed by atoms with E-state index in [9.17, 15) is 4.79 Å². The highest BCUT2D eigenvalue weighted by atomic mass is 35.5. The third-order valence-electron chi connectivity index (χ3n) is 4.06. The van der Waals surface area contributed by atoms with Gasteiger partial charge in [0.1, 0.15) is 6.04 Å². The summed E-state index contributed by atoms with van der Waals surface area (Å²) in [6.07, 6.45) is 0.905. The highest BCUT2D eigenvalue weighted by Crippen LogP contribution is 2.20. The molecule has 2 rings (SSSR count). The van der Waals surface area contributed by atoms with Crippen molar-refractivity contribution in [2.45, 2.75) is 33.2 Å². The van der Waals surface area contributed by atoms with Crippen LogP contribution in [0, 0.1) is 6.92 Å². The first kappa shape index (κ1) is 17.5. The number of nitrogens with one attached hydrogen (secondary N) is 1. The number of amides is 1. The van der Waals surface area contributed by atoms with Crippen molar-refractivity contribution in [3.05, 3.63) is 64.2 Å². The molecule has 0 aliphatic rings. The normalized spacial score (nSPS) is 12.0. The van der Waals surface area contributed by atoms with Crippen LogP contribution in [0.15, 0.2) is 42.5 Å². The smallest absolute Gasteiger partial charge is 0.279 e. The van der Waals surface area contributed by atoms with Gasteiger partial charge in [-0.2, -0.15) is 0 Å². The first-order chi connectivity index (χ1) is 11.0. The Kier molecular flexibility index (Phi) is 6.20. The van der Waals surface area contributed by atoms with E-state index in [1.54, 1.807) is 0 Å². The minimum atomic E-state index is 0.0230. The first-order valence-corrected chi connectivity index (χ1v) is 8.36. The van der Waals surface area contributed by atoms with Gasteiger partial charge >= 0.3 is 0 Å². The molecule has 0 unspecified atom stereocenters. The summed E-state index contributed by atoms with van der Waals surface area (Å²) < 4.78 is 0. The lowest BCUT2D eigenvalue weighted by Gasteiger charge is -2.14. The van der Waals surface area contributed by atoms with Crippen molar-refractivity contribution in [3.63, 3.8) is 0 Å². The van der Waals surface area contributed by atoms with E-state index in [4.69, 9.17) is 11.6 Å². The summed E-state index contributed by atoms with van der Waals surface area (Å²) in [5.74, 6) is 0.0230. The van der Waals surface area contributed by atoms with Gasteiger partial charge in [0.05, 0.1) is 0 Å². The Morgan fingerprint density at radius 1 is 1.22 bits per heavy atom. The summed E-state index contributed by atoms with van der Waals surface area (Å²) in [5.41, 5.74) is 4.38. The van der Waals surface area contributed by atoms with Crippen LogP contribution in [0.4, 0.5) is 5.69 Å². The molecule has 0 aliphatic carbocycles. The molecule has 2 aromatic rings. The third-order valence-corrected chi connectivity index (χ3v) is 4.31. The van der Waals surface area contributed by atoms with Gasteiger partial charge in [0, 0.05) is 16.3 Å². The van der Waals surface area contributed by atoms with Gasteiger partial charge in [-0.1, -0.05) is 48.9 Å². The number of aryl methyl sites for hydroxylation is 2. The molecule has 3 N–H and O–H groups in total. The number of anilines is 1. The molecule has 0 saturated heterocycles. The highest BCUT2D eigenvalue weighted by molar-refractivity contribution is 6.30. The minimum absolute atomic E-state index is 0.0230. The van der Waals surface area contributed by atoms with Crippen LogP contribution in [0.1, 0.15) is 36.6 Å². The lowest BCUT2D eigenvalue weighted by Crippen LogP contribution is -2.86. The van der Waals surface area contributed by atoms with E-state index in [2.05, 4.69) is 25.2 Å². The molecule has 23 heavy (non-hydrogen) atoms. The topological polar surface area (TPSA) is 45.7 Å². The van der Waals surface area contributed by atoms with Crippen LogP contribution in [-0.4, -0.2) is 12.5 Å². The largest absolute Gasteiger partial charge is 0.333 e. The molecule has 0 radical (unpaired) electrons. The van der Waals surface area contributed by atoms with E-state index in [0.717, 1.165) is 28.3 Å². The van der Waals surface area contributed by atoms with Crippen molar-refractivity contribution in [3.8, 4) is 0 Å². The van der Waals surface area contributed by atoms with Crippen LogP contribution >= 0.6 is 11.6 Å². The number of benzene rings is 2. The fourth-order valence-electron chi connectivity index (χ4n) is 2.58. The molecule has 0 fully saturated rings. The number of hydrogen-bond acceptors (Lipinski definition) is 1. The summed E-state index contributed by atoms with van der Waals surface area (Å²) in [7, 11) is 0. The molecule has 3 nitrogen and oxygen atoms in total. The maximum atomic E-state index is 12.3. The monoisotopic (exact) mass is 331 g/mol. The van der Waals surface area contributed by atoms with Gasteiger partial charge in [0.2, 0.25) is 0 Å². The summed E-state index contributed by atoms with van der Waals surface area (Å²) in [4.78, 5) is 12.3. The third kappa shape index (κ3) is 4.81. The molecule has 0 aromatic heterocycles. The second kappa shape index (κ2) is 8.14. The molecule has 0 bridgehead atoms.